The highest BCUT2D eigenvalue weighted by Crippen LogP contribution is 2.31. The Balaban J connectivity index is 1.42. The molecule has 1 fully saturated rings. The lowest BCUT2D eigenvalue weighted by atomic mass is 9.97. The molecule has 0 spiro atoms. The van der Waals surface area contributed by atoms with Crippen molar-refractivity contribution < 1.29 is 32.3 Å². The number of fused-ring (bicyclic) bond motifs is 1. The molecular weight excluding hydrogens is 579 g/mol. The smallest absolute Gasteiger partial charge is 0.400 e. The molecule has 14 heteroatoms. The summed E-state index contributed by atoms with van der Waals surface area (Å²) in [5, 5.41) is 11.2. The normalized spacial score (nSPS) is 14.4. The van der Waals surface area contributed by atoms with E-state index < -0.39 is 23.9 Å². The number of nitrogens with one attached hydrogen (secondary N) is 1. The second kappa shape index (κ2) is 12.3. The summed E-state index contributed by atoms with van der Waals surface area (Å²) in [6.45, 7) is 5.64. The molecule has 0 unspecified atom stereocenters. The quantitative estimate of drug-likeness (QED) is 0.311. The molecule has 0 saturated carbocycles. The Morgan fingerprint density at radius 1 is 1.05 bits per heavy atom. The van der Waals surface area contributed by atoms with Crippen LogP contribution in [0.2, 0.25) is 0 Å². The van der Waals surface area contributed by atoms with E-state index >= 15 is 0 Å². The summed E-state index contributed by atoms with van der Waals surface area (Å²) in [4.78, 5) is 44.6. The number of carbonyl (C=O) groups is 3. The number of rotatable bonds is 7. The van der Waals surface area contributed by atoms with Gasteiger partial charge in [-0.15, -0.1) is 10.2 Å². The van der Waals surface area contributed by atoms with Gasteiger partial charge in [0, 0.05) is 63.3 Å². The van der Waals surface area contributed by atoms with Crippen LogP contribution in [0, 0.1) is 0 Å². The van der Waals surface area contributed by atoms with Crippen molar-refractivity contribution in [3.63, 3.8) is 0 Å². The molecule has 0 bridgehead atoms. The summed E-state index contributed by atoms with van der Waals surface area (Å²) in [6, 6.07) is 13.5. The van der Waals surface area contributed by atoms with Crippen molar-refractivity contribution >= 4 is 39.9 Å². The number of alkyl halides is 3. The van der Waals surface area contributed by atoms with Gasteiger partial charge in [0.15, 0.2) is 0 Å². The highest BCUT2D eigenvalue weighted by atomic mass is 19.4. The fourth-order valence-corrected chi connectivity index (χ4v) is 5.03. The van der Waals surface area contributed by atoms with Crippen LogP contribution >= 0.6 is 0 Å². The zero-order valence-electron chi connectivity index (χ0n) is 24.3. The summed E-state index contributed by atoms with van der Waals surface area (Å²) in [5.41, 5.74) is 1.87. The van der Waals surface area contributed by atoms with Gasteiger partial charge in [0.1, 0.15) is 17.8 Å². The lowest BCUT2D eigenvalue weighted by Crippen LogP contribution is -2.48. The van der Waals surface area contributed by atoms with Crippen molar-refractivity contribution in [2.45, 2.75) is 32.4 Å². The molecule has 1 atom stereocenters. The minimum absolute atomic E-state index is 0.0218. The van der Waals surface area contributed by atoms with Gasteiger partial charge in [0.2, 0.25) is 11.8 Å². The van der Waals surface area contributed by atoms with Crippen molar-refractivity contribution in [1.29, 1.82) is 0 Å². The number of benzene rings is 2. The van der Waals surface area contributed by atoms with Crippen LogP contribution in [0.25, 0.3) is 10.8 Å². The number of nitrogens with zero attached hydrogens (tertiary/aromatic N) is 6. The Hall–Kier alpha value is -5.01. The Morgan fingerprint density at radius 3 is 2.45 bits per heavy atom. The van der Waals surface area contributed by atoms with Crippen LogP contribution in [-0.2, 0) is 23.1 Å². The van der Waals surface area contributed by atoms with E-state index in [-0.39, 0.29) is 22.9 Å². The van der Waals surface area contributed by atoms with Gasteiger partial charge in [-0.25, -0.2) is 9.78 Å². The van der Waals surface area contributed by atoms with Gasteiger partial charge in [-0.3, -0.25) is 9.59 Å². The van der Waals surface area contributed by atoms with Crippen LogP contribution in [0.3, 0.4) is 0 Å². The van der Waals surface area contributed by atoms with Crippen LogP contribution in [0.4, 0.5) is 24.5 Å². The standard InChI is InChI=1S/C30H30F3N7O4/c1-18(13-26-37-34-17-38(26)3)20-5-4-6-22(14-20)35-27(42)25-16-21-15-23(40-11-9-39(10-12-40)19(2)41)7-8-24(21)28(36-25)44-29(43)30(31,32)33/h4-8,14-18H,9-13H2,1-3H3,(H,35,42)/t18-/m1/s1. The number of halogens is 3. The van der Waals surface area contributed by atoms with Gasteiger partial charge in [0.05, 0.1) is 0 Å². The molecule has 3 heterocycles. The summed E-state index contributed by atoms with van der Waals surface area (Å²) < 4.78 is 45.8. The molecule has 1 aliphatic rings. The maximum Gasteiger partial charge on any atom is 0.491 e. The van der Waals surface area contributed by atoms with Gasteiger partial charge < -0.3 is 24.4 Å². The number of hydrogen-bond acceptors (Lipinski definition) is 8. The average molecular weight is 610 g/mol. The first-order valence-electron chi connectivity index (χ1n) is 13.9. The fraction of sp³-hybridized carbons (Fsp3) is 0.333. The zero-order chi connectivity index (χ0) is 31.6. The van der Waals surface area contributed by atoms with E-state index in [0.29, 0.717) is 43.7 Å². The van der Waals surface area contributed by atoms with Crippen LogP contribution in [0.1, 0.15) is 41.6 Å². The van der Waals surface area contributed by atoms with E-state index in [9.17, 15) is 27.6 Å². The lowest BCUT2D eigenvalue weighted by molar-refractivity contribution is -0.189. The molecule has 2 aromatic carbocycles. The Morgan fingerprint density at radius 2 is 1.80 bits per heavy atom. The third-order valence-electron chi connectivity index (χ3n) is 7.53. The second-order valence-corrected chi connectivity index (χ2v) is 10.6. The average Bonchev–Trinajstić information content (AvgIpc) is 3.40. The minimum Gasteiger partial charge on any atom is -0.400 e. The molecule has 44 heavy (non-hydrogen) atoms. The van der Waals surface area contributed by atoms with Crippen LogP contribution in [0.5, 0.6) is 5.88 Å². The molecule has 1 N–H and O–H groups in total. The number of ether oxygens (including phenoxy) is 1. The molecule has 230 valence electrons. The lowest BCUT2D eigenvalue weighted by Gasteiger charge is -2.35. The third-order valence-corrected chi connectivity index (χ3v) is 7.53. The predicted octanol–water partition coefficient (Wildman–Crippen LogP) is 4.10. The number of carbonyl (C=O) groups excluding carboxylic acids is 3. The van der Waals surface area contributed by atoms with Crippen molar-refractivity contribution in [3.05, 3.63) is 71.9 Å². The maximum atomic E-state index is 13.4. The van der Waals surface area contributed by atoms with E-state index in [1.165, 1.54) is 19.1 Å². The molecule has 2 amide bonds. The minimum atomic E-state index is -5.26. The molecule has 11 nitrogen and oxygen atoms in total. The van der Waals surface area contributed by atoms with Gasteiger partial charge in [0.25, 0.3) is 5.91 Å². The number of hydrogen-bond donors (Lipinski definition) is 1. The van der Waals surface area contributed by atoms with Crippen molar-refractivity contribution in [1.82, 2.24) is 24.6 Å². The van der Waals surface area contributed by atoms with E-state index in [1.807, 2.05) is 29.5 Å². The van der Waals surface area contributed by atoms with Crippen LogP contribution < -0.4 is 15.0 Å². The summed E-state index contributed by atoms with van der Waals surface area (Å²) >= 11 is 0. The Kier molecular flexibility index (Phi) is 8.52. The highest BCUT2D eigenvalue weighted by Gasteiger charge is 2.42. The molecule has 1 saturated heterocycles. The number of esters is 1. The number of anilines is 2. The Bertz CT molecular complexity index is 1710. The predicted molar refractivity (Wildman–Crippen MR) is 155 cm³/mol. The molecule has 4 aromatic rings. The first-order chi connectivity index (χ1) is 20.9. The molecule has 1 aliphatic heterocycles. The van der Waals surface area contributed by atoms with Crippen molar-refractivity contribution in [2.75, 3.05) is 36.4 Å². The number of amides is 2. The molecule has 0 radical (unpaired) electrons. The van der Waals surface area contributed by atoms with Crippen LogP contribution in [0.15, 0.2) is 54.9 Å². The van der Waals surface area contributed by atoms with Gasteiger partial charge >= 0.3 is 12.1 Å². The van der Waals surface area contributed by atoms with Gasteiger partial charge in [-0.1, -0.05) is 19.1 Å². The topological polar surface area (TPSA) is 123 Å². The van der Waals surface area contributed by atoms with E-state index in [1.54, 1.807) is 41.6 Å². The zero-order valence-corrected chi connectivity index (χ0v) is 24.3. The maximum absolute atomic E-state index is 13.4. The monoisotopic (exact) mass is 609 g/mol. The highest BCUT2D eigenvalue weighted by molar-refractivity contribution is 6.06. The molecule has 0 aliphatic carbocycles. The largest absolute Gasteiger partial charge is 0.491 e. The van der Waals surface area contributed by atoms with Crippen molar-refractivity contribution in [2.24, 2.45) is 7.05 Å². The Labute approximate surface area is 250 Å². The second-order valence-electron chi connectivity index (χ2n) is 10.6. The third kappa shape index (κ3) is 6.79. The summed E-state index contributed by atoms with van der Waals surface area (Å²) in [5.74, 6) is -2.96. The van der Waals surface area contributed by atoms with E-state index in [4.69, 9.17) is 0 Å². The molecule has 2 aromatic heterocycles. The number of piperazine rings is 1. The van der Waals surface area contributed by atoms with Gasteiger partial charge in [-0.2, -0.15) is 13.2 Å². The number of aromatic nitrogens is 4. The molecule has 5 rings (SSSR count). The van der Waals surface area contributed by atoms with Gasteiger partial charge in [-0.05, 0) is 53.3 Å². The summed E-state index contributed by atoms with van der Waals surface area (Å²) in [7, 11) is 1.85. The van der Waals surface area contributed by atoms with E-state index in [2.05, 4.69) is 25.2 Å². The van der Waals surface area contributed by atoms with Crippen LogP contribution in [-0.4, -0.2) is 74.8 Å². The number of aryl methyl sites for hydroxylation is 1. The fourth-order valence-electron chi connectivity index (χ4n) is 5.03. The SMILES string of the molecule is CC(=O)N1CCN(c2ccc3c(OC(=O)C(F)(F)F)nc(C(=O)Nc4cccc([C@H](C)Cc5nncn5C)c4)cc3c2)CC1. The molecular formula is C30H30F3N7O4. The van der Waals surface area contributed by atoms with Crippen molar-refractivity contribution in [3.8, 4) is 5.88 Å². The summed E-state index contributed by atoms with van der Waals surface area (Å²) in [6.07, 6.45) is -3.03. The first-order valence-corrected chi connectivity index (χ1v) is 13.9. The first kappa shape index (κ1) is 30.4. The van der Waals surface area contributed by atoms with E-state index in [0.717, 1.165) is 17.1 Å². The number of pyridine rings is 1.